The first kappa shape index (κ1) is 18.0. The number of nitrogens with one attached hydrogen (secondary N) is 2. The van der Waals surface area contributed by atoms with Crippen LogP contribution in [0.5, 0.6) is 0 Å². The van der Waals surface area contributed by atoms with E-state index in [0.29, 0.717) is 17.7 Å². The van der Waals surface area contributed by atoms with Gasteiger partial charge in [-0.2, -0.15) is 0 Å². The molecule has 1 fully saturated rings. The minimum absolute atomic E-state index is 0.0223. The molecule has 4 rings (SSSR count). The molecule has 0 radical (unpaired) electrons. The molecular weight excluding hydrogens is 406 g/mol. The summed E-state index contributed by atoms with van der Waals surface area (Å²) in [6.45, 7) is 6.14. The topological polar surface area (TPSA) is 69.0 Å². The van der Waals surface area contributed by atoms with E-state index in [0.717, 1.165) is 45.0 Å². The van der Waals surface area contributed by atoms with Crippen LogP contribution >= 0.6 is 15.9 Å². The summed E-state index contributed by atoms with van der Waals surface area (Å²) in [6.07, 6.45) is 3.89. The van der Waals surface area contributed by atoms with E-state index in [1.54, 1.807) is 0 Å². The zero-order chi connectivity index (χ0) is 19.3. The van der Waals surface area contributed by atoms with Crippen molar-refractivity contribution in [2.45, 2.75) is 46.2 Å². The highest BCUT2D eigenvalue weighted by molar-refractivity contribution is 9.10. The number of aromatic amines is 2. The lowest BCUT2D eigenvalue weighted by molar-refractivity contribution is 0.0731. The molecule has 3 aromatic rings. The van der Waals surface area contributed by atoms with Crippen molar-refractivity contribution in [1.29, 1.82) is 0 Å². The number of fused-ring (bicyclic) bond motifs is 1. The van der Waals surface area contributed by atoms with Crippen LogP contribution < -0.4 is 5.56 Å². The number of aromatic nitrogens is 2. The van der Waals surface area contributed by atoms with Gasteiger partial charge < -0.3 is 14.9 Å². The quantitative estimate of drug-likeness (QED) is 0.649. The Balaban J connectivity index is 1.77. The average Bonchev–Trinajstić information content (AvgIpc) is 3.36. The van der Waals surface area contributed by atoms with Crippen LogP contribution in [-0.4, -0.2) is 26.8 Å². The van der Waals surface area contributed by atoms with E-state index in [-0.39, 0.29) is 17.5 Å². The van der Waals surface area contributed by atoms with Crippen LogP contribution in [0.4, 0.5) is 0 Å². The number of aryl methyl sites for hydroxylation is 3. The minimum Gasteiger partial charge on any atom is -0.361 e. The molecule has 1 amide bonds. The molecule has 2 heterocycles. The third-order valence-corrected chi connectivity index (χ3v) is 5.70. The molecule has 140 valence electrons. The second kappa shape index (κ2) is 6.68. The molecule has 0 saturated heterocycles. The van der Waals surface area contributed by atoms with Gasteiger partial charge in [0.25, 0.3) is 11.5 Å². The first-order valence-electron chi connectivity index (χ1n) is 9.12. The van der Waals surface area contributed by atoms with Crippen LogP contribution in [0.25, 0.3) is 10.9 Å². The molecule has 1 aliphatic rings. The van der Waals surface area contributed by atoms with Crippen molar-refractivity contribution in [1.82, 2.24) is 14.9 Å². The fourth-order valence-electron chi connectivity index (χ4n) is 3.73. The SMILES string of the molecule is Cc1cc(C)c(CN(C(=O)c2cc(Br)cc3[nH]cc(C)c23)C2CC2)c(=O)[nH]1. The van der Waals surface area contributed by atoms with Gasteiger partial charge in [0.15, 0.2) is 0 Å². The van der Waals surface area contributed by atoms with Gasteiger partial charge in [0.2, 0.25) is 0 Å². The molecule has 1 aromatic carbocycles. The van der Waals surface area contributed by atoms with Gasteiger partial charge in [-0.1, -0.05) is 15.9 Å². The van der Waals surface area contributed by atoms with Crippen LogP contribution in [0.2, 0.25) is 0 Å². The van der Waals surface area contributed by atoms with Gasteiger partial charge in [-0.05, 0) is 62.9 Å². The van der Waals surface area contributed by atoms with Crippen molar-refractivity contribution in [3.05, 3.63) is 67.2 Å². The number of hydrogen-bond acceptors (Lipinski definition) is 2. The summed E-state index contributed by atoms with van der Waals surface area (Å²) in [6, 6.07) is 6.02. The van der Waals surface area contributed by atoms with E-state index >= 15 is 0 Å². The van der Waals surface area contributed by atoms with Gasteiger partial charge in [0.1, 0.15) is 0 Å². The Labute approximate surface area is 165 Å². The lowest BCUT2D eigenvalue weighted by Crippen LogP contribution is -2.35. The van der Waals surface area contributed by atoms with Gasteiger partial charge in [-0.15, -0.1) is 0 Å². The summed E-state index contributed by atoms with van der Waals surface area (Å²) in [5.41, 5.74) is 4.97. The summed E-state index contributed by atoms with van der Waals surface area (Å²) in [5.74, 6) is -0.0223. The maximum atomic E-state index is 13.5. The van der Waals surface area contributed by atoms with Gasteiger partial charge in [0.05, 0.1) is 12.1 Å². The van der Waals surface area contributed by atoms with Crippen LogP contribution in [0.3, 0.4) is 0 Å². The molecule has 2 aromatic heterocycles. The number of hydrogen-bond donors (Lipinski definition) is 2. The molecule has 27 heavy (non-hydrogen) atoms. The van der Waals surface area contributed by atoms with E-state index in [1.807, 2.05) is 50.1 Å². The molecule has 6 heteroatoms. The Bertz CT molecular complexity index is 1110. The fourth-order valence-corrected chi connectivity index (χ4v) is 4.19. The average molecular weight is 428 g/mol. The second-order valence-corrected chi connectivity index (χ2v) is 8.37. The first-order chi connectivity index (χ1) is 12.8. The standard InChI is InChI=1S/C21H22BrN3O2/c1-11-6-13(3)24-20(26)17(11)10-25(15-4-5-15)21(27)16-7-14(22)8-18-19(16)12(2)9-23-18/h6-9,15,23H,4-5,10H2,1-3H3,(H,24,26). The van der Waals surface area contributed by atoms with Crippen LogP contribution in [0, 0.1) is 20.8 Å². The molecular formula is C21H22BrN3O2. The largest absolute Gasteiger partial charge is 0.361 e. The zero-order valence-corrected chi connectivity index (χ0v) is 17.2. The number of amides is 1. The summed E-state index contributed by atoms with van der Waals surface area (Å²) in [5, 5.41) is 0.948. The summed E-state index contributed by atoms with van der Waals surface area (Å²) in [7, 11) is 0. The van der Waals surface area contributed by atoms with E-state index in [2.05, 4.69) is 25.9 Å². The highest BCUT2D eigenvalue weighted by atomic mass is 79.9. The smallest absolute Gasteiger partial charge is 0.255 e. The molecule has 0 unspecified atom stereocenters. The Morgan fingerprint density at radius 2 is 1.93 bits per heavy atom. The predicted octanol–water partition coefficient (Wildman–Crippen LogP) is 4.35. The Morgan fingerprint density at radius 1 is 1.19 bits per heavy atom. The number of rotatable bonds is 4. The monoisotopic (exact) mass is 427 g/mol. The maximum Gasteiger partial charge on any atom is 0.255 e. The first-order valence-corrected chi connectivity index (χ1v) is 9.92. The Morgan fingerprint density at radius 3 is 2.59 bits per heavy atom. The molecule has 5 nitrogen and oxygen atoms in total. The van der Waals surface area contributed by atoms with Crippen molar-refractivity contribution in [2.75, 3.05) is 0 Å². The highest BCUT2D eigenvalue weighted by Gasteiger charge is 2.34. The number of nitrogens with zero attached hydrogens (tertiary/aromatic N) is 1. The van der Waals surface area contributed by atoms with Crippen LogP contribution in [0.1, 0.15) is 45.6 Å². The van der Waals surface area contributed by atoms with E-state index in [9.17, 15) is 9.59 Å². The maximum absolute atomic E-state index is 13.5. The Hall–Kier alpha value is -2.34. The van der Waals surface area contributed by atoms with Gasteiger partial charge in [0, 0.05) is 38.9 Å². The summed E-state index contributed by atoms with van der Waals surface area (Å²) in [4.78, 5) is 33.9. The summed E-state index contributed by atoms with van der Waals surface area (Å²) < 4.78 is 0.861. The number of carbonyl (C=O) groups is 1. The fraction of sp³-hybridized carbons (Fsp3) is 0.333. The lowest BCUT2D eigenvalue weighted by Gasteiger charge is -2.24. The van der Waals surface area contributed by atoms with Gasteiger partial charge >= 0.3 is 0 Å². The van der Waals surface area contributed by atoms with E-state index in [4.69, 9.17) is 0 Å². The van der Waals surface area contributed by atoms with Gasteiger partial charge in [-0.3, -0.25) is 9.59 Å². The number of carbonyl (C=O) groups excluding carboxylic acids is 1. The van der Waals surface area contributed by atoms with Crippen molar-refractivity contribution in [2.24, 2.45) is 0 Å². The minimum atomic E-state index is -0.108. The number of pyridine rings is 1. The van der Waals surface area contributed by atoms with E-state index < -0.39 is 0 Å². The molecule has 0 bridgehead atoms. The van der Waals surface area contributed by atoms with Crippen molar-refractivity contribution in [3.63, 3.8) is 0 Å². The van der Waals surface area contributed by atoms with Crippen molar-refractivity contribution < 1.29 is 4.79 Å². The molecule has 1 saturated carbocycles. The van der Waals surface area contributed by atoms with Crippen LogP contribution in [0.15, 0.2) is 33.7 Å². The van der Waals surface area contributed by atoms with Gasteiger partial charge in [-0.25, -0.2) is 0 Å². The molecule has 0 aliphatic heterocycles. The van der Waals surface area contributed by atoms with Crippen LogP contribution in [-0.2, 0) is 6.54 Å². The molecule has 2 N–H and O–H groups in total. The predicted molar refractivity (Wildman–Crippen MR) is 110 cm³/mol. The summed E-state index contributed by atoms with van der Waals surface area (Å²) >= 11 is 3.51. The molecule has 0 atom stereocenters. The number of H-pyrrole nitrogens is 2. The van der Waals surface area contributed by atoms with E-state index in [1.165, 1.54) is 0 Å². The number of halogens is 1. The highest BCUT2D eigenvalue weighted by Crippen LogP contribution is 2.33. The molecule has 0 spiro atoms. The zero-order valence-electron chi connectivity index (χ0n) is 15.6. The van der Waals surface area contributed by atoms with Crippen molar-refractivity contribution in [3.8, 4) is 0 Å². The third kappa shape index (κ3) is 3.34. The lowest BCUT2D eigenvalue weighted by atomic mass is 10.0. The Kier molecular flexibility index (Phi) is 4.46. The third-order valence-electron chi connectivity index (χ3n) is 5.24. The normalized spacial score (nSPS) is 13.9. The van der Waals surface area contributed by atoms with Crippen molar-refractivity contribution >= 4 is 32.7 Å². The second-order valence-electron chi connectivity index (χ2n) is 7.45. The molecule has 1 aliphatic carbocycles. The number of benzene rings is 1.